The van der Waals surface area contributed by atoms with Crippen LogP contribution in [0.5, 0.6) is 0 Å². The van der Waals surface area contributed by atoms with Crippen LogP contribution in [0.15, 0.2) is 0 Å². The van der Waals surface area contributed by atoms with Crippen LogP contribution in [0, 0.1) is 0 Å². The second kappa shape index (κ2) is 14.7. The summed E-state index contributed by atoms with van der Waals surface area (Å²) >= 11 is 0. The summed E-state index contributed by atoms with van der Waals surface area (Å²) in [5.41, 5.74) is 0. The Hall–Kier alpha value is -2.49. The van der Waals surface area contributed by atoms with E-state index in [4.69, 9.17) is 55.7 Å². The molecule has 0 aromatic rings. The average molecular weight is 659 g/mol. The Kier molecular flexibility index (Phi) is 12.1. The van der Waals surface area contributed by atoms with Gasteiger partial charge in [0.2, 0.25) is 0 Å². The van der Waals surface area contributed by atoms with E-state index in [0.29, 0.717) is 0 Å². The highest BCUT2D eigenvalue weighted by molar-refractivity contribution is 7.82. The Morgan fingerprint density at radius 2 is 1.36 bits per heavy atom. The van der Waals surface area contributed by atoms with Crippen molar-refractivity contribution in [2.45, 2.75) is 109 Å². The molecule has 3 aliphatic rings. The molecule has 0 N–H and O–H groups in total. The highest BCUT2D eigenvalue weighted by Gasteiger charge is 2.58. The molecule has 0 spiro atoms. The third-order valence-corrected chi connectivity index (χ3v) is 7.35. The number of hydrogen-bond donors (Lipinski definition) is 0. The van der Waals surface area contributed by atoms with Crippen molar-refractivity contribution in [2.24, 2.45) is 0 Å². The van der Waals surface area contributed by atoms with Crippen molar-refractivity contribution >= 4 is 34.3 Å². The lowest BCUT2D eigenvalue weighted by molar-refractivity contribution is -0.329. The summed E-state index contributed by atoms with van der Waals surface area (Å²) in [6, 6.07) is 0. The number of ether oxygens (including phenoxy) is 10. The van der Waals surface area contributed by atoms with Crippen LogP contribution in [0.4, 0.5) is 0 Å². The molecule has 9 atom stereocenters. The van der Waals surface area contributed by atoms with Crippen molar-refractivity contribution in [1.29, 1.82) is 0 Å². The quantitative estimate of drug-likeness (QED) is 0.143. The smallest absolute Gasteiger partial charge is 0.400 e. The van der Waals surface area contributed by atoms with Gasteiger partial charge >= 0.3 is 34.3 Å². The zero-order valence-corrected chi connectivity index (χ0v) is 26.3. The molecule has 0 aliphatic carbocycles. The number of carbonyl (C=O) groups is 4. The first-order chi connectivity index (χ1) is 20.5. The van der Waals surface area contributed by atoms with Crippen LogP contribution >= 0.6 is 0 Å². The van der Waals surface area contributed by atoms with E-state index in [0.717, 1.165) is 27.7 Å². The second-order valence-electron chi connectivity index (χ2n) is 10.4. The molecule has 0 amide bonds. The van der Waals surface area contributed by atoms with E-state index < -0.39 is 115 Å². The minimum absolute atomic E-state index is 0.520. The summed E-state index contributed by atoms with van der Waals surface area (Å²) in [7, 11) is -1.76. The summed E-state index contributed by atoms with van der Waals surface area (Å²) in [4.78, 5) is 48.1. The van der Waals surface area contributed by atoms with Gasteiger partial charge in [-0.25, -0.2) is 8.37 Å². The molecule has 3 saturated heterocycles. The molecule has 0 radical (unpaired) electrons. The molecule has 19 heteroatoms. The summed E-state index contributed by atoms with van der Waals surface area (Å²) in [6.45, 7) is 6.42. The van der Waals surface area contributed by atoms with Crippen LogP contribution in [-0.4, -0.2) is 127 Å². The predicted octanol–water partition coefficient (Wildman–Crippen LogP) is -0.746. The molecule has 0 bridgehead atoms. The van der Waals surface area contributed by atoms with Gasteiger partial charge in [-0.2, -0.15) is 8.42 Å². The Balaban J connectivity index is 2.11. The fourth-order valence-corrected chi connectivity index (χ4v) is 5.81. The van der Waals surface area contributed by atoms with Gasteiger partial charge in [-0.05, 0) is 13.8 Å². The molecule has 0 aromatic heterocycles. The zero-order valence-electron chi connectivity index (χ0n) is 25.4. The van der Waals surface area contributed by atoms with Gasteiger partial charge in [-0.15, -0.1) is 0 Å². The van der Waals surface area contributed by atoms with E-state index >= 15 is 0 Å². The van der Waals surface area contributed by atoms with Gasteiger partial charge in [-0.1, -0.05) is 0 Å². The maximum absolute atomic E-state index is 12.2. The molecule has 252 valence electrons. The lowest BCUT2D eigenvalue weighted by Crippen LogP contribution is -2.64. The number of methoxy groups -OCH3 is 2. The second-order valence-corrected chi connectivity index (χ2v) is 11.6. The highest BCUT2D eigenvalue weighted by Crippen LogP contribution is 2.39. The first kappa shape index (κ1) is 36.0. The van der Waals surface area contributed by atoms with E-state index in [1.165, 1.54) is 14.2 Å². The number of rotatable bonds is 12. The molecule has 44 heavy (non-hydrogen) atoms. The van der Waals surface area contributed by atoms with Crippen molar-refractivity contribution < 1.29 is 83.3 Å². The molecule has 0 saturated carbocycles. The lowest BCUT2D eigenvalue weighted by Gasteiger charge is -2.45. The Bertz CT molecular complexity index is 1150. The molecule has 18 nitrogen and oxygen atoms in total. The minimum Gasteiger partial charge on any atom is -0.463 e. The monoisotopic (exact) mass is 658 g/mol. The van der Waals surface area contributed by atoms with Gasteiger partial charge in [0.05, 0.1) is 6.61 Å². The zero-order chi connectivity index (χ0) is 33.0. The van der Waals surface area contributed by atoms with Gasteiger partial charge in [0.25, 0.3) is 0 Å². The van der Waals surface area contributed by atoms with Gasteiger partial charge in [0, 0.05) is 41.9 Å². The van der Waals surface area contributed by atoms with E-state index in [-0.39, 0.29) is 0 Å². The Morgan fingerprint density at radius 3 is 1.86 bits per heavy atom. The fourth-order valence-electron chi connectivity index (χ4n) is 4.98. The normalized spacial score (nSPS) is 33.4. The molecular formula is C25H38O18S. The topological polar surface area (TPSA) is 213 Å². The third-order valence-electron chi connectivity index (χ3n) is 6.44. The SMILES string of the molecule is COC(OC)[C@@H]1OC(C)(C)O[C@H]1[C@H](O[C@@H]1O[C@H](COC(C)=O)[C@@H](OC(C)=O)[C@H](OC(C)=O)[C@H]1OC(C)=O)[C@H]1COS(=O)(=O)O1. The maximum Gasteiger partial charge on any atom is 0.400 e. The fraction of sp³-hybridized carbons (Fsp3) is 0.840. The van der Waals surface area contributed by atoms with E-state index in [2.05, 4.69) is 0 Å². The molecule has 3 aliphatic heterocycles. The van der Waals surface area contributed by atoms with Gasteiger partial charge in [-0.3, -0.25) is 19.2 Å². The third kappa shape index (κ3) is 9.27. The number of esters is 4. The molecule has 3 rings (SSSR count). The predicted molar refractivity (Wildman–Crippen MR) is 138 cm³/mol. The van der Waals surface area contributed by atoms with E-state index in [9.17, 15) is 27.6 Å². The van der Waals surface area contributed by atoms with Crippen LogP contribution in [0.2, 0.25) is 0 Å². The van der Waals surface area contributed by atoms with Crippen LogP contribution < -0.4 is 0 Å². The van der Waals surface area contributed by atoms with Crippen molar-refractivity contribution in [2.75, 3.05) is 27.4 Å². The summed E-state index contributed by atoms with van der Waals surface area (Å²) in [5.74, 6) is -4.54. The van der Waals surface area contributed by atoms with E-state index in [1.807, 2.05) is 0 Å². The summed E-state index contributed by atoms with van der Waals surface area (Å²) < 4.78 is 90.7. The summed E-state index contributed by atoms with van der Waals surface area (Å²) in [5, 5.41) is 0. The van der Waals surface area contributed by atoms with E-state index in [1.54, 1.807) is 13.8 Å². The Labute approximate surface area is 254 Å². The van der Waals surface area contributed by atoms with Gasteiger partial charge in [0.15, 0.2) is 36.7 Å². The maximum atomic E-state index is 12.2. The molecule has 0 aromatic carbocycles. The standard InChI is InChI=1S/C25H38O18S/c1-11(26)34-9-15-17(36-12(2)27)19(37-13(3)28)21(38-14(4)29)24(39-15)40-18(16-10-35-44(30,31)43-16)20-22(23(32-7)33-8)42-25(5,6)41-20/h15-24H,9-10H2,1-8H3/t15-,16-,17-,18-,19+,20+,21-,22-,24+/m1/s1. The summed E-state index contributed by atoms with van der Waals surface area (Å²) in [6.07, 6.45) is -13.8. The van der Waals surface area contributed by atoms with Crippen molar-refractivity contribution in [3.63, 3.8) is 0 Å². The molecule has 3 fully saturated rings. The van der Waals surface area contributed by atoms with Crippen molar-refractivity contribution in [3.05, 3.63) is 0 Å². The van der Waals surface area contributed by atoms with Crippen molar-refractivity contribution in [1.82, 2.24) is 0 Å². The Morgan fingerprint density at radius 1 is 0.818 bits per heavy atom. The van der Waals surface area contributed by atoms with Crippen molar-refractivity contribution in [3.8, 4) is 0 Å². The first-order valence-corrected chi connectivity index (χ1v) is 14.7. The number of carbonyl (C=O) groups excluding carboxylic acids is 4. The average Bonchev–Trinajstić information content (AvgIpc) is 3.42. The van der Waals surface area contributed by atoms with Crippen LogP contribution in [0.25, 0.3) is 0 Å². The molecular weight excluding hydrogens is 620 g/mol. The minimum atomic E-state index is -4.45. The highest BCUT2D eigenvalue weighted by atomic mass is 32.3. The first-order valence-electron chi connectivity index (χ1n) is 13.4. The molecule has 3 heterocycles. The molecule has 0 unspecified atom stereocenters. The van der Waals surface area contributed by atoms with Gasteiger partial charge < -0.3 is 47.4 Å². The van der Waals surface area contributed by atoms with Gasteiger partial charge in [0.1, 0.15) is 37.1 Å². The van der Waals surface area contributed by atoms with Crippen LogP contribution in [-0.2, 0) is 85.3 Å². The lowest BCUT2D eigenvalue weighted by atomic mass is 9.97. The van der Waals surface area contributed by atoms with Crippen LogP contribution in [0.1, 0.15) is 41.5 Å². The largest absolute Gasteiger partial charge is 0.463 e. The van der Waals surface area contributed by atoms with Crippen LogP contribution in [0.3, 0.4) is 0 Å². The number of hydrogen-bond acceptors (Lipinski definition) is 18.